The van der Waals surface area contributed by atoms with Gasteiger partial charge >= 0.3 is 11.9 Å². The number of benzene rings is 1. The molecule has 11 heteroatoms. The van der Waals surface area contributed by atoms with E-state index in [1.54, 1.807) is 36.7 Å². The molecule has 1 atom stereocenters. The Balaban J connectivity index is 1.84. The van der Waals surface area contributed by atoms with E-state index >= 15 is 0 Å². The lowest BCUT2D eigenvalue weighted by atomic mass is 9.87. The predicted molar refractivity (Wildman–Crippen MR) is 126 cm³/mol. The molecule has 1 aliphatic heterocycles. The van der Waals surface area contributed by atoms with E-state index < -0.39 is 33.7 Å². The Morgan fingerprint density at radius 3 is 2.29 bits per heavy atom. The largest absolute Gasteiger partial charge is 0.468 e. The summed E-state index contributed by atoms with van der Waals surface area (Å²) in [4.78, 5) is 41.0. The molecule has 4 rings (SSSR count). The van der Waals surface area contributed by atoms with E-state index in [-0.39, 0.29) is 4.90 Å². The minimum absolute atomic E-state index is 0.163. The van der Waals surface area contributed by atoms with Crippen LogP contribution in [0.4, 0.5) is 5.69 Å². The molecule has 2 aromatic heterocycles. The lowest BCUT2D eigenvalue weighted by Gasteiger charge is -2.40. The third-order valence-electron chi connectivity index (χ3n) is 5.86. The average Bonchev–Trinajstić information content (AvgIpc) is 2.88. The van der Waals surface area contributed by atoms with Crippen molar-refractivity contribution in [2.45, 2.75) is 17.4 Å². The van der Waals surface area contributed by atoms with Gasteiger partial charge in [-0.2, -0.15) is 0 Å². The van der Waals surface area contributed by atoms with Crippen molar-refractivity contribution in [3.8, 4) is 11.5 Å². The highest BCUT2D eigenvalue weighted by Crippen LogP contribution is 2.39. The van der Waals surface area contributed by atoms with Gasteiger partial charge in [0, 0.05) is 42.9 Å². The first-order valence-corrected chi connectivity index (χ1v) is 12.6. The number of carbonyl (C=O) groups excluding carboxylic acids is 2. The zero-order chi connectivity index (χ0) is 25.2. The van der Waals surface area contributed by atoms with E-state index in [9.17, 15) is 18.0 Å². The molecule has 0 bridgehead atoms. The summed E-state index contributed by atoms with van der Waals surface area (Å²) in [7, 11) is -0.983. The second-order valence-electron chi connectivity index (χ2n) is 7.99. The van der Waals surface area contributed by atoms with E-state index in [1.807, 2.05) is 11.0 Å². The van der Waals surface area contributed by atoms with Gasteiger partial charge in [-0.1, -0.05) is 6.07 Å². The lowest BCUT2D eigenvalue weighted by Crippen LogP contribution is -2.46. The molecule has 35 heavy (non-hydrogen) atoms. The van der Waals surface area contributed by atoms with Crippen LogP contribution in [0.3, 0.4) is 0 Å². The number of sulfone groups is 1. The Morgan fingerprint density at radius 1 is 1.03 bits per heavy atom. The van der Waals surface area contributed by atoms with E-state index in [1.165, 1.54) is 26.4 Å². The van der Waals surface area contributed by atoms with Crippen LogP contribution in [0.15, 0.2) is 59.8 Å². The summed E-state index contributed by atoms with van der Waals surface area (Å²) in [5, 5.41) is 0. The highest BCUT2D eigenvalue weighted by molar-refractivity contribution is 7.90. The molecule has 1 unspecified atom stereocenters. The molecule has 0 aliphatic carbocycles. The number of methoxy groups -OCH3 is 2. The number of esters is 2. The van der Waals surface area contributed by atoms with E-state index in [0.717, 1.165) is 6.26 Å². The molecule has 10 nitrogen and oxygen atoms in total. The van der Waals surface area contributed by atoms with Crippen molar-refractivity contribution < 1.29 is 27.5 Å². The third-order valence-corrected chi connectivity index (χ3v) is 6.99. The summed E-state index contributed by atoms with van der Waals surface area (Å²) in [5.74, 6) is -2.41. The Bertz CT molecular complexity index is 1330. The van der Waals surface area contributed by atoms with Gasteiger partial charge in [0.1, 0.15) is 5.69 Å². The van der Waals surface area contributed by atoms with E-state index in [4.69, 9.17) is 9.47 Å². The molecule has 0 N–H and O–H groups in total. The topological polar surface area (TPSA) is 129 Å². The van der Waals surface area contributed by atoms with E-state index in [0.29, 0.717) is 41.4 Å². The van der Waals surface area contributed by atoms with Crippen molar-refractivity contribution in [1.82, 2.24) is 15.0 Å². The number of pyridine rings is 1. The predicted octanol–water partition coefficient (Wildman–Crippen LogP) is 2.01. The van der Waals surface area contributed by atoms with Crippen molar-refractivity contribution >= 4 is 27.5 Å². The maximum atomic E-state index is 12.8. The fourth-order valence-electron chi connectivity index (χ4n) is 4.17. The summed E-state index contributed by atoms with van der Waals surface area (Å²) in [5.41, 5.74) is 2.47. The molecule has 0 saturated carbocycles. The number of hydrogen-bond donors (Lipinski definition) is 0. The minimum Gasteiger partial charge on any atom is -0.468 e. The average molecular weight is 497 g/mol. The smallest absolute Gasteiger partial charge is 0.322 e. The first-order valence-electron chi connectivity index (χ1n) is 10.7. The van der Waals surface area contributed by atoms with Crippen molar-refractivity contribution in [3.05, 3.63) is 66.1 Å². The Morgan fingerprint density at radius 2 is 1.71 bits per heavy atom. The van der Waals surface area contributed by atoms with Gasteiger partial charge in [0.25, 0.3) is 0 Å². The van der Waals surface area contributed by atoms with Crippen LogP contribution >= 0.6 is 0 Å². The summed E-state index contributed by atoms with van der Waals surface area (Å²) < 4.78 is 33.7. The van der Waals surface area contributed by atoms with Crippen LogP contribution in [0.5, 0.6) is 0 Å². The minimum atomic E-state index is -3.39. The molecule has 3 heterocycles. The number of anilines is 1. The van der Waals surface area contributed by atoms with Gasteiger partial charge in [-0.3, -0.25) is 14.6 Å². The van der Waals surface area contributed by atoms with Crippen molar-refractivity contribution in [2.75, 3.05) is 31.9 Å². The first kappa shape index (κ1) is 24.3. The fourth-order valence-corrected chi connectivity index (χ4v) is 4.80. The molecule has 1 aliphatic rings. The quantitative estimate of drug-likeness (QED) is 0.369. The highest BCUT2D eigenvalue weighted by atomic mass is 32.2. The Hall–Kier alpha value is -3.86. The van der Waals surface area contributed by atoms with Crippen molar-refractivity contribution in [3.63, 3.8) is 0 Å². The molecule has 0 saturated heterocycles. The normalized spacial score (nSPS) is 15.4. The summed E-state index contributed by atoms with van der Waals surface area (Å²) in [6.07, 6.45) is 4.86. The Kier molecular flexibility index (Phi) is 6.79. The van der Waals surface area contributed by atoms with Gasteiger partial charge in [0.05, 0.1) is 30.9 Å². The molecule has 0 spiro atoms. The third kappa shape index (κ3) is 4.85. The molecule has 1 aromatic carbocycles. The zero-order valence-corrected chi connectivity index (χ0v) is 20.2. The molecular formula is C24H24N4O6S. The van der Waals surface area contributed by atoms with Crippen LogP contribution in [0.2, 0.25) is 0 Å². The Labute approximate surface area is 202 Å². The van der Waals surface area contributed by atoms with Crippen LogP contribution < -0.4 is 4.90 Å². The van der Waals surface area contributed by atoms with Crippen LogP contribution in [0.25, 0.3) is 11.5 Å². The standard InChI is InChI=1S/C24H24N4O6S/c1-33-23(29)20(24(30)34-2)21-17-14-26-22(19-6-4-5-12-25-19)27-18(17)11-13-28(21)15-7-9-16(10-8-15)35(3,31)32/h4-10,12,14,20-21H,11,13H2,1-3H3. The number of aromatic nitrogens is 3. The molecule has 0 radical (unpaired) electrons. The summed E-state index contributed by atoms with van der Waals surface area (Å²) >= 11 is 0. The monoisotopic (exact) mass is 496 g/mol. The van der Waals surface area contributed by atoms with Gasteiger partial charge in [0.15, 0.2) is 21.6 Å². The number of rotatable bonds is 6. The van der Waals surface area contributed by atoms with Gasteiger partial charge in [0.2, 0.25) is 0 Å². The fraction of sp³-hybridized carbons (Fsp3) is 0.292. The number of ether oxygens (including phenoxy) is 2. The molecule has 0 amide bonds. The number of nitrogens with zero attached hydrogens (tertiary/aromatic N) is 4. The van der Waals surface area contributed by atoms with Gasteiger partial charge in [-0.25, -0.2) is 18.4 Å². The maximum absolute atomic E-state index is 12.8. The van der Waals surface area contributed by atoms with Crippen LogP contribution in [0.1, 0.15) is 17.3 Å². The van der Waals surface area contributed by atoms with Gasteiger partial charge < -0.3 is 14.4 Å². The van der Waals surface area contributed by atoms with Crippen LogP contribution in [0, 0.1) is 5.92 Å². The second kappa shape index (κ2) is 9.79. The molecule has 3 aromatic rings. The SMILES string of the molecule is COC(=O)C(C(=O)OC)C1c2cnc(-c3ccccn3)nc2CCN1c1ccc(S(C)(=O)=O)cc1. The lowest BCUT2D eigenvalue weighted by molar-refractivity contribution is -0.160. The van der Waals surface area contributed by atoms with E-state index in [2.05, 4.69) is 15.0 Å². The first-order chi connectivity index (χ1) is 16.7. The molecule has 0 fully saturated rings. The maximum Gasteiger partial charge on any atom is 0.322 e. The van der Waals surface area contributed by atoms with Crippen LogP contribution in [-0.2, 0) is 35.3 Å². The zero-order valence-electron chi connectivity index (χ0n) is 19.4. The highest BCUT2D eigenvalue weighted by Gasteiger charge is 2.44. The number of fused-ring (bicyclic) bond motifs is 1. The van der Waals surface area contributed by atoms with Crippen molar-refractivity contribution in [1.29, 1.82) is 0 Å². The van der Waals surface area contributed by atoms with Crippen LogP contribution in [-0.4, -0.2) is 62.3 Å². The molecular weight excluding hydrogens is 472 g/mol. The number of carbonyl (C=O) groups is 2. The summed E-state index contributed by atoms with van der Waals surface area (Å²) in [6.45, 7) is 0.402. The van der Waals surface area contributed by atoms with Gasteiger partial charge in [-0.15, -0.1) is 0 Å². The van der Waals surface area contributed by atoms with Gasteiger partial charge in [-0.05, 0) is 36.4 Å². The second-order valence-corrected chi connectivity index (χ2v) is 10.0. The molecule has 182 valence electrons. The van der Waals surface area contributed by atoms with Crippen molar-refractivity contribution in [2.24, 2.45) is 5.92 Å². The summed E-state index contributed by atoms with van der Waals surface area (Å²) in [6, 6.07) is 10.9. The number of hydrogen-bond acceptors (Lipinski definition) is 10.